The van der Waals surface area contributed by atoms with Gasteiger partial charge in [0.2, 0.25) is 0 Å². The second kappa shape index (κ2) is 9.25. The summed E-state index contributed by atoms with van der Waals surface area (Å²) in [7, 11) is 0. The minimum absolute atomic E-state index is 0.226. The summed E-state index contributed by atoms with van der Waals surface area (Å²) in [5.74, 6) is 3.61. The molecule has 4 rings (SSSR count). The Labute approximate surface area is 200 Å². The van der Waals surface area contributed by atoms with Crippen LogP contribution < -0.4 is 0 Å². The van der Waals surface area contributed by atoms with Gasteiger partial charge in [-0.3, -0.25) is 4.79 Å². The Morgan fingerprint density at radius 1 is 1.19 bits per heavy atom. The van der Waals surface area contributed by atoms with Gasteiger partial charge >= 0.3 is 5.97 Å². The van der Waals surface area contributed by atoms with Gasteiger partial charge < -0.3 is 9.40 Å². The number of rotatable bonds is 6. The van der Waals surface area contributed by atoms with Gasteiger partial charge in [0.25, 0.3) is 0 Å². The quantitative estimate of drug-likeness (QED) is 0.419. The SMILES string of the molecule is CC(C)CCC[C@@H](C)[C@H]1CC[C@H]2[C@@H]3CC=C4C[C@@H](O)CC(C(=O)OCl)[C@]4(C)[C@H]3CC[C@]12C. The Kier molecular flexibility index (Phi) is 7.11. The van der Waals surface area contributed by atoms with Gasteiger partial charge in [-0.15, -0.1) is 0 Å². The van der Waals surface area contributed by atoms with E-state index in [2.05, 4.69) is 40.7 Å². The number of fused-ring (bicyclic) bond motifs is 5. The monoisotopic (exact) mass is 464 g/mol. The average Bonchev–Trinajstić information content (AvgIpc) is 3.10. The minimum atomic E-state index is -0.469. The molecular formula is C28H45ClO3. The lowest BCUT2D eigenvalue weighted by Crippen LogP contribution is -2.55. The number of halogens is 1. The zero-order valence-electron chi connectivity index (χ0n) is 20.9. The first kappa shape index (κ1) is 24.6. The average molecular weight is 465 g/mol. The fraction of sp³-hybridized carbons (Fsp3) is 0.893. The van der Waals surface area contributed by atoms with Gasteiger partial charge in [0.15, 0.2) is 0 Å². The molecule has 3 saturated carbocycles. The first-order valence-corrected chi connectivity index (χ1v) is 13.6. The van der Waals surface area contributed by atoms with Crippen LogP contribution in [0.2, 0.25) is 0 Å². The molecule has 0 amide bonds. The number of carbonyl (C=O) groups excluding carboxylic acids is 1. The molecule has 3 fully saturated rings. The van der Waals surface area contributed by atoms with E-state index in [1.165, 1.54) is 50.5 Å². The molecular weight excluding hydrogens is 420 g/mol. The van der Waals surface area contributed by atoms with Crippen LogP contribution >= 0.6 is 11.9 Å². The maximum absolute atomic E-state index is 12.7. The molecule has 4 aliphatic rings. The lowest BCUT2D eigenvalue weighted by Gasteiger charge is -2.59. The molecule has 1 N–H and O–H groups in total. The first-order chi connectivity index (χ1) is 15.1. The highest BCUT2D eigenvalue weighted by molar-refractivity contribution is 6.13. The van der Waals surface area contributed by atoms with E-state index < -0.39 is 6.10 Å². The van der Waals surface area contributed by atoms with Crippen molar-refractivity contribution in [3.63, 3.8) is 0 Å². The third-order valence-corrected chi connectivity index (χ3v) is 10.9. The lowest BCUT2D eigenvalue weighted by molar-refractivity contribution is -0.152. The second-order valence-electron chi connectivity index (χ2n) is 12.7. The zero-order chi connectivity index (χ0) is 23.3. The largest absolute Gasteiger partial charge is 0.393 e. The van der Waals surface area contributed by atoms with Crippen molar-refractivity contribution >= 4 is 17.8 Å². The fourth-order valence-corrected chi connectivity index (χ4v) is 9.26. The van der Waals surface area contributed by atoms with Crippen molar-refractivity contribution in [3.8, 4) is 0 Å². The van der Waals surface area contributed by atoms with Crippen molar-refractivity contribution in [3.05, 3.63) is 11.6 Å². The summed E-state index contributed by atoms with van der Waals surface area (Å²) in [4.78, 5) is 12.7. The lowest BCUT2D eigenvalue weighted by atomic mass is 9.44. The van der Waals surface area contributed by atoms with Crippen molar-refractivity contribution in [1.82, 2.24) is 0 Å². The molecule has 182 valence electrons. The normalized spacial score (nSPS) is 44.3. The number of aliphatic hydroxyl groups excluding tert-OH is 1. The highest BCUT2D eigenvalue weighted by atomic mass is 35.5. The van der Waals surface area contributed by atoms with Gasteiger partial charge in [0, 0.05) is 5.41 Å². The van der Waals surface area contributed by atoms with Gasteiger partial charge in [-0.25, -0.2) is 0 Å². The van der Waals surface area contributed by atoms with E-state index >= 15 is 0 Å². The maximum atomic E-state index is 12.7. The summed E-state index contributed by atoms with van der Waals surface area (Å²) in [6, 6.07) is 0. The summed E-state index contributed by atoms with van der Waals surface area (Å²) in [5, 5.41) is 10.5. The van der Waals surface area contributed by atoms with E-state index in [1.807, 2.05) is 0 Å². The molecule has 0 aromatic heterocycles. The van der Waals surface area contributed by atoms with E-state index in [4.69, 9.17) is 16.2 Å². The fourth-order valence-electron chi connectivity index (χ4n) is 9.16. The van der Waals surface area contributed by atoms with Crippen LogP contribution in [0, 0.1) is 52.3 Å². The van der Waals surface area contributed by atoms with E-state index in [1.54, 1.807) is 0 Å². The third kappa shape index (κ3) is 3.98. The van der Waals surface area contributed by atoms with Crippen LogP contribution in [0.25, 0.3) is 0 Å². The number of aliphatic hydroxyl groups is 1. The van der Waals surface area contributed by atoms with Crippen molar-refractivity contribution < 1.29 is 14.2 Å². The maximum Gasteiger partial charge on any atom is 0.328 e. The molecule has 1 unspecified atom stereocenters. The molecule has 0 saturated heterocycles. The Morgan fingerprint density at radius 2 is 1.94 bits per heavy atom. The van der Waals surface area contributed by atoms with Crippen molar-refractivity contribution in [1.29, 1.82) is 0 Å². The molecule has 0 radical (unpaired) electrons. The molecule has 0 bridgehead atoms. The Bertz CT molecular complexity index is 732. The number of carbonyl (C=O) groups is 1. The highest BCUT2D eigenvalue weighted by Gasteiger charge is 2.62. The van der Waals surface area contributed by atoms with E-state index in [-0.39, 0.29) is 17.3 Å². The molecule has 3 nitrogen and oxygen atoms in total. The minimum Gasteiger partial charge on any atom is -0.393 e. The summed E-state index contributed by atoms with van der Waals surface area (Å²) >= 11 is 5.58. The van der Waals surface area contributed by atoms with Gasteiger partial charge in [-0.05, 0) is 85.9 Å². The van der Waals surface area contributed by atoms with Gasteiger partial charge in [0.1, 0.15) is 11.9 Å². The van der Waals surface area contributed by atoms with Crippen molar-refractivity contribution in [2.75, 3.05) is 0 Å². The summed E-state index contributed by atoms with van der Waals surface area (Å²) in [6.07, 6.45) is 13.4. The smallest absolute Gasteiger partial charge is 0.328 e. The molecule has 0 aromatic rings. The molecule has 9 atom stereocenters. The Balaban J connectivity index is 1.56. The van der Waals surface area contributed by atoms with Crippen LogP contribution in [0.4, 0.5) is 0 Å². The van der Waals surface area contributed by atoms with Crippen molar-refractivity contribution in [2.45, 2.75) is 105 Å². The van der Waals surface area contributed by atoms with Crippen LogP contribution in [-0.4, -0.2) is 17.2 Å². The topological polar surface area (TPSA) is 46.5 Å². The summed E-state index contributed by atoms with van der Waals surface area (Å²) < 4.78 is 4.74. The Hall–Kier alpha value is -0.540. The molecule has 0 spiro atoms. The number of allylic oxidation sites excluding steroid dienone is 1. The molecule has 0 aliphatic heterocycles. The zero-order valence-corrected chi connectivity index (χ0v) is 21.7. The molecule has 32 heavy (non-hydrogen) atoms. The standard InChI is InChI=1S/C28H45ClO3/c1-17(2)7-6-8-18(3)22-11-12-23-21-10-9-19-15-20(30)16-25(26(31)32-29)28(19,5)24(21)13-14-27(22,23)4/h9,17-18,20-25,30H,6-8,10-16H2,1-5H3/t18-,20-,21+,22-,23+,24+,25?,27-,28+/m1/s1. The number of hydrogen-bond donors (Lipinski definition) is 1. The van der Waals surface area contributed by atoms with Gasteiger partial charge in [-0.2, -0.15) is 0 Å². The van der Waals surface area contributed by atoms with Crippen LogP contribution in [0.15, 0.2) is 11.6 Å². The first-order valence-electron chi connectivity index (χ1n) is 13.3. The van der Waals surface area contributed by atoms with E-state index in [0.29, 0.717) is 30.1 Å². The van der Waals surface area contributed by atoms with Crippen molar-refractivity contribution in [2.24, 2.45) is 52.3 Å². The van der Waals surface area contributed by atoms with Gasteiger partial charge in [-0.1, -0.05) is 65.5 Å². The Morgan fingerprint density at radius 3 is 2.62 bits per heavy atom. The molecule has 0 heterocycles. The number of hydrogen-bond acceptors (Lipinski definition) is 3. The third-order valence-electron chi connectivity index (χ3n) is 10.8. The van der Waals surface area contributed by atoms with Crippen LogP contribution in [0.5, 0.6) is 0 Å². The predicted octanol–water partition coefficient (Wildman–Crippen LogP) is 7.31. The van der Waals surface area contributed by atoms with E-state index in [9.17, 15) is 9.90 Å². The molecule has 4 aliphatic carbocycles. The summed E-state index contributed by atoms with van der Waals surface area (Å²) in [6.45, 7) is 12.1. The van der Waals surface area contributed by atoms with Crippen LogP contribution in [-0.2, 0) is 9.08 Å². The molecule has 4 heteroatoms. The van der Waals surface area contributed by atoms with Crippen LogP contribution in [0.3, 0.4) is 0 Å². The molecule has 0 aromatic carbocycles. The van der Waals surface area contributed by atoms with E-state index in [0.717, 1.165) is 30.1 Å². The second-order valence-corrected chi connectivity index (χ2v) is 12.9. The highest BCUT2D eigenvalue weighted by Crippen LogP contribution is 2.68. The van der Waals surface area contributed by atoms with Crippen LogP contribution in [0.1, 0.15) is 98.8 Å². The van der Waals surface area contributed by atoms with Gasteiger partial charge in [0.05, 0.1) is 12.0 Å². The summed E-state index contributed by atoms with van der Waals surface area (Å²) in [5.41, 5.74) is 1.48. The predicted molar refractivity (Wildman–Crippen MR) is 130 cm³/mol.